The third kappa shape index (κ3) is 3.11. The average molecular weight is 170 g/mol. The summed E-state index contributed by atoms with van der Waals surface area (Å²) in [7, 11) is 0. The van der Waals surface area contributed by atoms with Crippen LogP contribution in [0.5, 0.6) is 0 Å². The lowest BCUT2D eigenvalue weighted by molar-refractivity contribution is 0.320. The van der Waals surface area contributed by atoms with Gasteiger partial charge in [0.2, 0.25) is 0 Å². The molecule has 0 aromatic carbocycles. The second-order valence-corrected chi connectivity index (χ2v) is 5.18. The van der Waals surface area contributed by atoms with E-state index in [0.29, 0.717) is 17.4 Å². The minimum Gasteiger partial charge on any atom is -0.326 e. The summed E-state index contributed by atoms with van der Waals surface area (Å²) in [6, 6.07) is 0.396. The average Bonchev–Trinajstić information content (AvgIpc) is 2.29. The maximum Gasteiger partial charge on any atom is 0.0206 e. The van der Waals surface area contributed by atoms with E-state index < -0.39 is 0 Å². The van der Waals surface area contributed by atoms with E-state index in [-0.39, 0.29) is 0 Å². The normalized spacial score (nSPS) is 31.0. The van der Waals surface area contributed by atoms with Gasteiger partial charge in [0, 0.05) is 12.6 Å². The molecule has 0 spiro atoms. The van der Waals surface area contributed by atoms with Crippen molar-refractivity contribution in [3.05, 3.63) is 0 Å². The van der Waals surface area contributed by atoms with Crippen LogP contribution in [-0.2, 0) is 0 Å². The molecule has 0 aromatic heterocycles. The van der Waals surface area contributed by atoms with E-state index in [9.17, 15) is 0 Å². The van der Waals surface area contributed by atoms with E-state index >= 15 is 0 Å². The highest BCUT2D eigenvalue weighted by atomic mass is 15.0. The standard InChI is InChI=1S/C10H22N2/c1-10(2,3)5-4-8-6-12-7-9(8)11/h8-9,12H,4-7,11H2,1-3H3/t8-,9+/m1/s1. The highest BCUT2D eigenvalue weighted by molar-refractivity contribution is 4.84. The monoisotopic (exact) mass is 170 g/mol. The molecule has 0 aromatic rings. The van der Waals surface area contributed by atoms with E-state index in [4.69, 9.17) is 5.73 Å². The number of rotatable bonds is 2. The third-order valence-electron chi connectivity index (χ3n) is 2.66. The van der Waals surface area contributed by atoms with Crippen LogP contribution in [0.4, 0.5) is 0 Å². The first-order chi connectivity index (χ1) is 5.49. The fourth-order valence-corrected chi connectivity index (χ4v) is 1.69. The first kappa shape index (κ1) is 10.0. The molecular formula is C10H22N2. The van der Waals surface area contributed by atoms with Crippen molar-refractivity contribution < 1.29 is 0 Å². The molecule has 2 nitrogen and oxygen atoms in total. The van der Waals surface area contributed by atoms with Gasteiger partial charge in [-0.1, -0.05) is 20.8 Å². The van der Waals surface area contributed by atoms with Crippen molar-refractivity contribution in [1.29, 1.82) is 0 Å². The fraction of sp³-hybridized carbons (Fsp3) is 1.00. The summed E-state index contributed by atoms with van der Waals surface area (Å²) in [4.78, 5) is 0. The van der Waals surface area contributed by atoms with Gasteiger partial charge in [-0.05, 0) is 30.7 Å². The molecule has 2 heteroatoms. The summed E-state index contributed by atoms with van der Waals surface area (Å²) in [5.74, 6) is 0.712. The summed E-state index contributed by atoms with van der Waals surface area (Å²) in [6.45, 7) is 9.01. The molecule has 1 saturated heterocycles. The Labute approximate surface area is 75.9 Å². The molecule has 2 atom stereocenters. The van der Waals surface area contributed by atoms with Gasteiger partial charge in [-0.3, -0.25) is 0 Å². The van der Waals surface area contributed by atoms with Gasteiger partial charge in [0.25, 0.3) is 0 Å². The van der Waals surface area contributed by atoms with E-state index in [0.717, 1.165) is 13.1 Å². The molecule has 0 unspecified atom stereocenters. The smallest absolute Gasteiger partial charge is 0.0206 e. The maximum absolute atomic E-state index is 5.95. The summed E-state index contributed by atoms with van der Waals surface area (Å²) >= 11 is 0. The quantitative estimate of drug-likeness (QED) is 0.656. The van der Waals surface area contributed by atoms with Crippen molar-refractivity contribution in [2.24, 2.45) is 17.1 Å². The molecular weight excluding hydrogens is 148 g/mol. The largest absolute Gasteiger partial charge is 0.326 e. The van der Waals surface area contributed by atoms with Gasteiger partial charge in [0.1, 0.15) is 0 Å². The number of hydrogen-bond acceptors (Lipinski definition) is 2. The van der Waals surface area contributed by atoms with Crippen molar-refractivity contribution >= 4 is 0 Å². The number of nitrogens with two attached hydrogens (primary N) is 1. The molecule has 1 aliphatic heterocycles. The minimum atomic E-state index is 0.396. The third-order valence-corrected chi connectivity index (χ3v) is 2.66. The van der Waals surface area contributed by atoms with Crippen molar-refractivity contribution in [3.63, 3.8) is 0 Å². The minimum absolute atomic E-state index is 0.396. The lowest BCUT2D eigenvalue weighted by Gasteiger charge is -2.22. The molecule has 12 heavy (non-hydrogen) atoms. The highest BCUT2D eigenvalue weighted by Gasteiger charge is 2.24. The number of hydrogen-bond donors (Lipinski definition) is 2. The topological polar surface area (TPSA) is 38.0 Å². The second-order valence-electron chi connectivity index (χ2n) is 5.18. The highest BCUT2D eigenvalue weighted by Crippen LogP contribution is 2.25. The molecule has 1 aliphatic rings. The summed E-state index contributed by atoms with van der Waals surface area (Å²) in [5, 5.41) is 3.33. The Hall–Kier alpha value is -0.0800. The Kier molecular flexibility index (Phi) is 3.13. The molecule has 1 fully saturated rings. The van der Waals surface area contributed by atoms with Crippen LogP contribution in [-0.4, -0.2) is 19.1 Å². The Morgan fingerprint density at radius 2 is 2.00 bits per heavy atom. The van der Waals surface area contributed by atoms with Gasteiger partial charge in [0.15, 0.2) is 0 Å². The lowest BCUT2D eigenvalue weighted by Crippen LogP contribution is -2.29. The predicted octanol–water partition coefficient (Wildman–Crippen LogP) is 1.36. The van der Waals surface area contributed by atoms with Gasteiger partial charge < -0.3 is 11.1 Å². The molecule has 1 rings (SSSR count). The van der Waals surface area contributed by atoms with Crippen molar-refractivity contribution in [1.82, 2.24) is 5.32 Å². The summed E-state index contributed by atoms with van der Waals surface area (Å²) < 4.78 is 0. The molecule has 0 aliphatic carbocycles. The van der Waals surface area contributed by atoms with Gasteiger partial charge >= 0.3 is 0 Å². The van der Waals surface area contributed by atoms with Crippen LogP contribution in [0, 0.1) is 11.3 Å². The molecule has 0 saturated carbocycles. The first-order valence-corrected chi connectivity index (χ1v) is 4.95. The lowest BCUT2D eigenvalue weighted by atomic mass is 9.85. The van der Waals surface area contributed by atoms with Crippen LogP contribution in [0.1, 0.15) is 33.6 Å². The summed E-state index contributed by atoms with van der Waals surface area (Å²) in [6.07, 6.45) is 2.56. The summed E-state index contributed by atoms with van der Waals surface area (Å²) in [5.41, 5.74) is 6.41. The van der Waals surface area contributed by atoms with Gasteiger partial charge in [0.05, 0.1) is 0 Å². The SMILES string of the molecule is CC(C)(C)CC[C@@H]1CNC[C@@H]1N. The molecule has 3 N–H and O–H groups in total. The van der Waals surface area contributed by atoms with Crippen LogP contribution in [0.25, 0.3) is 0 Å². The van der Waals surface area contributed by atoms with Crippen LogP contribution in [0.15, 0.2) is 0 Å². The van der Waals surface area contributed by atoms with E-state index in [1.54, 1.807) is 0 Å². The molecule has 0 radical (unpaired) electrons. The first-order valence-electron chi connectivity index (χ1n) is 4.95. The van der Waals surface area contributed by atoms with Crippen LogP contribution in [0.2, 0.25) is 0 Å². The van der Waals surface area contributed by atoms with Crippen LogP contribution < -0.4 is 11.1 Å². The zero-order valence-electron chi connectivity index (χ0n) is 8.56. The van der Waals surface area contributed by atoms with E-state index in [2.05, 4.69) is 26.1 Å². The van der Waals surface area contributed by atoms with Crippen LogP contribution >= 0.6 is 0 Å². The predicted molar refractivity (Wildman–Crippen MR) is 53.0 cm³/mol. The Balaban J connectivity index is 2.23. The van der Waals surface area contributed by atoms with Crippen LogP contribution in [0.3, 0.4) is 0 Å². The fourth-order valence-electron chi connectivity index (χ4n) is 1.69. The molecule has 0 amide bonds. The molecule has 72 valence electrons. The van der Waals surface area contributed by atoms with E-state index in [1.807, 2.05) is 0 Å². The molecule has 0 bridgehead atoms. The van der Waals surface area contributed by atoms with Crippen molar-refractivity contribution in [2.75, 3.05) is 13.1 Å². The van der Waals surface area contributed by atoms with Gasteiger partial charge in [-0.2, -0.15) is 0 Å². The maximum atomic E-state index is 5.95. The second kappa shape index (κ2) is 3.75. The Bertz CT molecular complexity index is 137. The van der Waals surface area contributed by atoms with E-state index in [1.165, 1.54) is 12.8 Å². The zero-order chi connectivity index (χ0) is 9.19. The van der Waals surface area contributed by atoms with Gasteiger partial charge in [-0.15, -0.1) is 0 Å². The molecule has 1 heterocycles. The number of nitrogens with one attached hydrogen (secondary N) is 1. The van der Waals surface area contributed by atoms with Crippen molar-refractivity contribution in [2.45, 2.75) is 39.7 Å². The Morgan fingerprint density at radius 1 is 1.33 bits per heavy atom. The van der Waals surface area contributed by atoms with Gasteiger partial charge in [-0.25, -0.2) is 0 Å². The Morgan fingerprint density at radius 3 is 2.42 bits per heavy atom. The zero-order valence-corrected chi connectivity index (χ0v) is 8.56. The van der Waals surface area contributed by atoms with Crippen molar-refractivity contribution in [3.8, 4) is 0 Å².